The minimum Gasteiger partial charge on any atom is -0.457 e. The predicted molar refractivity (Wildman–Crippen MR) is 78.3 cm³/mol. The first kappa shape index (κ1) is 12.3. The molecule has 0 amide bonds. The maximum atomic E-state index is 12.1. The first-order valence-corrected chi connectivity index (χ1v) is 6.32. The van der Waals surface area contributed by atoms with Crippen molar-refractivity contribution in [2.75, 3.05) is 5.73 Å². The van der Waals surface area contributed by atoms with Crippen molar-refractivity contribution in [3.8, 4) is 0 Å². The fourth-order valence-electron chi connectivity index (χ4n) is 2.11. The highest BCUT2D eigenvalue weighted by molar-refractivity contribution is 6.04. The van der Waals surface area contributed by atoms with E-state index in [2.05, 4.69) is 4.98 Å². The summed E-state index contributed by atoms with van der Waals surface area (Å²) in [6.45, 7) is 0.265. The van der Waals surface area contributed by atoms with E-state index in [0.29, 0.717) is 11.3 Å². The number of esters is 1. The number of benzene rings is 2. The molecule has 0 aliphatic rings. The van der Waals surface area contributed by atoms with Crippen LogP contribution in [0.1, 0.15) is 15.9 Å². The topological polar surface area (TPSA) is 68.1 Å². The van der Waals surface area contributed by atoms with E-state index in [1.807, 2.05) is 36.4 Å². The molecular weight excluding hydrogens is 252 g/mol. The Morgan fingerprint density at radius 2 is 1.95 bits per heavy atom. The molecule has 3 N–H and O–H groups in total. The van der Waals surface area contributed by atoms with Crippen LogP contribution in [-0.4, -0.2) is 11.0 Å². The lowest BCUT2D eigenvalue weighted by Gasteiger charge is -2.04. The summed E-state index contributed by atoms with van der Waals surface area (Å²) in [4.78, 5) is 15.1. The summed E-state index contributed by atoms with van der Waals surface area (Å²) in [5.41, 5.74) is 8.68. The molecule has 4 heteroatoms. The van der Waals surface area contributed by atoms with E-state index in [1.54, 1.807) is 18.3 Å². The first-order chi connectivity index (χ1) is 9.74. The fraction of sp³-hybridized carbons (Fsp3) is 0.0625. The zero-order chi connectivity index (χ0) is 13.9. The van der Waals surface area contributed by atoms with Crippen molar-refractivity contribution < 1.29 is 9.53 Å². The molecule has 0 radical (unpaired) electrons. The molecule has 0 aliphatic heterocycles. The second-order valence-electron chi connectivity index (χ2n) is 4.57. The Hall–Kier alpha value is -2.75. The van der Waals surface area contributed by atoms with Crippen LogP contribution in [0.4, 0.5) is 5.69 Å². The number of hydrogen-bond donors (Lipinski definition) is 2. The number of ether oxygens (including phenoxy) is 1. The van der Waals surface area contributed by atoms with Crippen LogP contribution < -0.4 is 5.73 Å². The Morgan fingerprint density at radius 3 is 2.75 bits per heavy atom. The van der Waals surface area contributed by atoms with Gasteiger partial charge in [-0.2, -0.15) is 0 Å². The van der Waals surface area contributed by atoms with Crippen molar-refractivity contribution in [3.63, 3.8) is 0 Å². The molecule has 0 bridgehead atoms. The van der Waals surface area contributed by atoms with E-state index in [-0.39, 0.29) is 12.6 Å². The van der Waals surface area contributed by atoms with Crippen LogP contribution in [0.5, 0.6) is 0 Å². The van der Waals surface area contributed by atoms with Gasteiger partial charge in [-0.3, -0.25) is 0 Å². The molecule has 3 aromatic rings. The van der Waals surface area contributed by atoms with Crippen molar-refractivity contribution in [2.45, 2.75) is 6.61 Å². The lowest BCUT2D eigenvalue weighted by atomic mass is 10.1. The van der Waals surface area contributed by atoms with Gasteiger partial charge in [0, 0.05) is 22.8 Å². The van der Waals surface area contributed by atoms with E-state index in [9.17, 15) is 4.79 Å². The van der Waals surface area contributed by atoms with Crippen LogP contribution in [0.25, 0.3) is 10.9 Å². The number of aromatic nitrogens is 1. The quantitative estimate of drug-likeness (QED) is 0.565. The average Bonchev–Trinajstić information content (AvgIpc) is 2.89. The lowest BCUT2D eigenvalue weighted by Crippen LogP contribution is -2.04. The maximum absolute atomic E-state index is 12.1. The number of anilines is 1. The van der Waals surface area contributed by atoms with Gasteiger partial charge in [-0.15, -0.1) is 0 Å². The van der Waals surface area contributed by atoms with Crippen LogP contribution in [-0.2, 0) is 11.3 Å². The van der Waals surface area contributed by atoms with Gasteiger partial charge in [0.2, 0.25) is 0 Å². The van der Waals surface area contributed by atoms with Gasteiger partial charge in [0.25, 0.3) is 0 Å². The molecule has 0 saturated heterocycles. The molecule has 0 aliphatic carbocycles. The van der Waals surface area contributed by atoms with Gasteiger partial charge in [0.15, 0.2) is 0 Å². The average molecular weight is 266 g/mol. The van der Waals surface area contributed by atoms with E-state index >= 15 is 0 Å². The number of aromatic amines is 1. The molecule has 0 fully saturated rings. The largest absolute Gasteiger partial charge is 0.457 e. The summed E-state index contributed by atoms with van der Waals surface area (Å²) in [7, 11) is 0. The van der Waals surface area contributed by atoms with E-state index in [1.165, 1.54) is 0 Å². The lowest BCUT2D eigenvalue weighted by molar-refractivity contribution is 0.0475. The third-order valence-electron chi connectivity index (χ3n) is 3.14. The highest BCUT2D eigenvalue weighted by Crippen LogP contribution is 2.21. The van der Waals surface area contributed by atoms with Crippen molar-refractivity contribution in [1.29, 1.82) is 0 Å². The van der Waals surface area contributed by atoms with Crippen LogP contribution >= 0.6 is 0 Å². The normalized spacial score (nSPS) is 10.6. The highest BCUT2D eigenvalue weighted by Gasteiger charge is 2.13. The summed E-state index contributed by atoms with van der Waals surface area (Å²) in [6, 6.07) is 15.0. The maximum Gasteiger partial charge on any atom is 0.340 e. The number of rotatable bonds is 3. The molecule has 0 atom stereocenters. The van der Waals surface area contributed by atoms with Gasteiger partial charge >= 0.3 is 5.97 Å². The summed E-state index contributed by atoms with van der Waals surface area (Å²) in [6.07, 6.45) is 1.65. The molecule has 1 heterocycles. The summed E-state index contributed by atoms with van der Waals surface area (Å²) < 4.78 is 5.32. The smallest absolute Gasteiger partial charge is 0.340 e. The molecule has 0 spiro atoms. The van der Waals surface area contributed by atoms with Crippen molar-refractivity contribution in [1.82, 2.24) is 4.98 Å². The zero-order valence-electron chi connectivity index (χ0n) is 10.8. The van der Waals surface area contributed by atoms with Gasteiger partial charge in [-0.1, -0.05) is 30.3 Å². The number of carbonyl (C=O) groups is 1. The van der Waals surface area contributed by atoms with Gasteiger partial charge in [-0.25, -0.2) is 4.79 Å². The Morgan fingerprint density at radius 1 is 1.15 bits per heavy atom. The molecule has 4 nitrogen and oxygen atoms in total. The molecule has 0 unspecified atom stereocenters. The van der Waals surface area contributed by atoms with Crippen LogP contribution in [0.15, 0.2) is 54.7 Å². The Kier molecular flexibility index (Phi) is 3.13. The summed E-state index contributed by atoms with van der Waals surface area (Å²) >= 11 is 0. The number of nitrogens with one attached hydrogen (secondary N) is 1. The molecule has 0 saturated carbocycles. The van der Waals surface area contributed by atoms with Crippen LogP contribution in [0.2, 0.25) is 0 Å². The van der Waals surface area contributed by atoms with Crippen LogP contribution in [0, 0.1) is 0 Å². The fourth-order valence-corrected chi connectivity index (χ4v) is 2.11. The zero-order valence-corrected chi connectivity index (χ0v) is 10.8. The summed E-state index contributed by atoms with van der Waals surface area (Å²) in [5, 5.41) is 0.817. The van der Waals surface area contributed by atoms with Crippen molar-refractivity contribution in [2.24, 2.45) is 0 Å². The number of H-pyrrole nitrogens is 1. The molecular formula is C16H14N2O2. The molecule has 3 rings (SSSR count). The molecule has 1 aromatic heterocycles. The number of nitrogen functional groups attached to an aromatic ring is 1. The standard InChI is InChI=1S/C16H14N2O2/c17-12-6-7-13-14(9-18-15(13)8-12)16(19)20-10-11-4-2-1-3-5-11/h1-9,18H,10,17H2. The first-order valence-electron chi connectivity index (χ1n) is 6.32. The number of fused-ring (bicyclic) bond motifs is 1. The summed E-state index contributed by atoms with van der Waals surface area (Å²) in [5.74, 6) is -0.343. The van der Waals surface area contributed by atoms with E-state index in [4.69, 9.17) is 10.5 Å². The molecule has 100 valence electrons. The Labute approximate surface area is 116 Å². The third kappa shape index (κ3) is 2.36. The number of carbonyl (C=O) groups excluding carboxylic acids is 1. The van der Waals surface area contributed by atoms with Gasteiger partial charge in [0.05, 0.1) is 5.56 Å². The van der Waals surface area contributed by atoms with Crippen molar-refractivity contribution in [3.05, 3.63) is 65.9 Å². The van der Waals surface area contributed by atoms with Gasteiger partial charge < -0.3 is 15.5 Å². The number of hydrogen-bond acceptors (Lipinski definition) is 3. The number of nitrogens with two attached hydrogens (primary N) is 1. The predicted octanol–water partition coefficient (Wildman–Crippen LogP) is 3.11. The molecule has 2 aromatic carbocycles. The second-order valence-corrected chi connectivity index (χ2v) is 4.57. The third-order valence-corrected chi connectivity index (χ3v) is 3.14. The van der Waals surface area contributed by atoms with E-state index in [0.717, 1.165) is 16.5 Å². The van der Waals surface area contributed by atoms with E-state index < -0.39 is 0 Å². The van der Waals surface area contributed by atoms with Gasteiger partial charge in [-0.05, 0) is 23.8 Å². The Balaban J connectivity index is 1.79. The van der Waals surface area contributed by atoms with Gasteiger partial charge in [0.1, 0.15) is 6.61 Å². The molecule has 20 heavy (non-hydrogen) atoms. The monoisotopic (exact) mass is 266 g/mol. The van der Waals surface area contributed by atoms with Crippen LogP contribution in [0.3, 0.4) is 0 Å². The second kappa shape index (κ2) is 5.09. The minimum absolute atomic E-state index is 0.265. The SMILES string of the molecule is Nc1ccc2c(C(=O)OCc3ccccc3)c[nH]c2c1. The minimum atomic E-state index is -0.343. The Bertz CT molecular complexity index is 748. The van der Waals surface area contributed by atoms with Crippen molar-refractivity contribution >= 4 is 22.6 Å². The highest BCUT2D eigenvalue weighted by atomic mass is 16.5.